The third-order valence-electron chi connectivity index (χ3n) is 3.01. The molecule has 1 aromatic rings. The Balaban J connectivity index is 2.59. The second-order valence-corrected chi connectivity index (χ2v) is 4.70. The first-order chi connectivity index (χ1) is 8.58. The summed E-state index contributed by atoms with van der Waals surface area (Å²) in [5.74, 6) is 0.777. The van der Waals surface area contributed by atoms with Gasteiger partial charge in [-0.15, -0.1) is 11.6 Å². The Bertz CT molecular complexity index is 457. The van der Waals surface area contributed by atoms with E-state index in [0.29, 0.717) is 23.9 Å². The van der Waals surface area contributed by atoms with E-state index in [1.807, 2.05) is 0 Å². The number of hydrogen-bond donors (Lipinski definition) is 1. The SMILES string of the molecule is CCC(CCCl)CNC(=O)c1ccn(C)c(=O)c1. The van der Waals surface area contributed by atoms with Crippen molar-refractivity contribution in [2.45, 2.75) is 19.8 Å². The zero-order chi connectivity index (χ0) is 13.5. The molecular weight excluding hydrogens is 252 g/mol. The highest BCUT2D eigenvalue weighted by molar-refractivity contribution is 6.17. The van der Waals surface area contributed by atoms with Crippen molar-refractivity contribution in [1.82, 2.24) is 9.88 Å². The summed E-state index contributed by atoms with van der Waals surface area (Å²) in [5, 5.41) is 2.84. The number of pyridine rings is 1. The fraction of sp³-hybridized carbons (Fsp3) is 0.538. The summed E-state index contributed by atoms with van der Waals surface area (Å²) in [5.41, 5.74) is 0.217. The molecule has 1 atom stereocenters. The number of amides is 1. The minimum absolute atomic E-state index is 0.185. The number of carbonyl (C=O) groups excluding carboxylic acids is 1. The van der Waals surface area contributed by atoms with Gasteiger partial charge in [0.25, 0.3) is 11.5 Å². The van der Waals surface area contributed by atoms with E-state index in [-0.39, 0.29) is 11.5 Å². The Kier molecular flexibility index (Phi) is 5.92. The van der Waals surface area contributed by atoms with E-state index < -0.39 is 0 Å². The van der Waals surface area contributed by atoms with E-state index >= 15 is 0 Å². The summed E-state index contributed by atoms with van der Waals surface area (Å²) >= 11 is 5.69. The monoisotopic (exact) mass is 270 g/mol. The molecule has 0 radical (unpaired) electrons. The molecule has 0 aliphatic rings. The van der Waals surface area contributed by atoms with Crippen LogP contribution in [-0.4, -0.2) is 22.9 Å². The first kappa shape index (κ1) is 14.8. The largest absolute Gasteiger partial charge is 0.352 e. The van der Waals surface area contributed by atoms with Crippen LogP contribution in [0.2, 0.25) is 0 Å². The number of nitrogens with one attached hydrogen (secondary N) is 1. The molecule has 5 heteroatoms. The first-order valence-electron chi connectivity index (χ1n) is 6.09. The van der Waals surface area contributed by atoms with E-state index in [1.165, 1.54) is 10.6 Å². The van der Waals surface area contributed by atoms with Crippen molar-refractivity contribution in [3.8, 4) is 0 Å². The van der Waals surface area contributed by atoms with Crippen molar-refractivity contribution in [3.05, 3.63) is 34.2 Å². The van der Waals surface area contributed by atoms with E-state index in [9.17, 15) is 9.59 Å². The maximum Gasteiger partial charge on any atom is 0.251 e. The highest BCUT2D eigenvalue weighted by atomic mass is 35.5. The molecule has 1 aromatic heterocycles. The average Bonchev–Trinajstić information content (AvgIpc) is 2.37. The number of nitrogens with zero attached hydrogens (tertiary/aromatic N) is 1. The van der Waals surface area contributed by atoms with E-state index in [2.05, 4.69) is 12.2 Å². The van der Waals surface area contributed by atoms with Gasteiger partial charge in [0.1, 0.15) is 0 Å². The fourth-order valence-corrected chi connectivity index (χ4v) is 1.94. The summed E-state index contributed by atoms with van der Waals surface area (Å²) in [7, 11) is 1.65. The van der Waals surface area contributed by atoms with Crippen LogP contribution in [0.15, 0.2) is 23.1 Å². The lowest BCUT2D eigenvalue weighted by molar-refractivity contribution is 0.0946. The minimum atomic E-state index is -0.208. The van der Waals surface area contributed by atoms with Gasteiger partial charge in [0.15, 0.2) is 0 Å². The van der Waals surface area contributed by atoms with Crippen LogP contribution in [0, 0.1) is 5.92 Å². The van der Waals surface area contributed by atoms with Crippen LogP contribution in [0.4, 0.5) is 0 Å². The van der Waals surface area contributed by atoms with Gasteiger partial charge < -0.3 is 9.88 Å². The maximum absolute atomic E-state index is 11.8. The van der Waals surface area contributed by atoms with Gasteiger partial charge in [0.2, 0.25) is 0 Å². The van der Waals surface area contributed by atoms with Gasteiger partial charge in [-0.3, -0.25) is 9.59 Å². The van der Waals surface area contributed by atoms with Crippen molar-refractivity contribution in [1.29, 1.82) is 0 Å². The molecule has 0 fully saturated rings. The number of aryl methyl sites for hydroxylation is 1. The van der Waals surface area contributed by atoms with Crippen LogP contribution in [0.25, 0.3) is 0 Å². The summed E-state index contributed by atoms with van der Waals surface area (Å²) in [6, 6.07) is 2.98. The quantitative estimate of drug-likeness (QED) is 0.801. The molecule has 0 saturated heterocycles. The Hall–Kier alpha value is -1.29. The molecule has 1 amide bonds. The second-order valence-electron chi connectivity index (χ2n) is 4.33. The van der Waals surface area contributed by atoms with Crippen LogP contribution < -0.4 is 10.9 Å². The van der Waals surface area contributed by atoms with Crippen LogP contribution >= 0.6 is 11.6 Å². The van der Waals surface area contributed by atoms with Gasteiger partial charge in [-0.1, -0.05) is 13.3 Å². The smallest absolute Gasteiger partial charge is 0.251 e. The molecule has 100 valence electrons. The van der Waals surface area contributed by atoms with E-state index in [4.69, 9.17) is 11.6 Å². The Morgan fingerprint density at radius 1 is 1.56 bits per heavy atom. The minimum Gasteiger partial charge on any atom is -0.352 e. The number of alkyl halides is 1. The first-order valence-corrected chi connectivity index (χ1v) is 6.62. The Labute approximate surface area is 112 Å². The van der Waals surface area contributed by atoms with Gasteiger partial charge in [-0.25, -0.2) is 0 Å². The molecule has 1 N–H and O–H groups in total. The Morgan fingerprint density at radius 2 is 2.28 bits per heavy atom. The molecule has 0 spiro atoms. The second kappa shape index (κ2) is 7.21. The van der Waals surface area contributed by atoms with Crippen molar-refractivity contribution < 1.29 is 4.79 Å². The van der Waals surface area contributed by atoms with E-state index in [0.717, 1.165) is 12.8 Å². The van der Waals surface area contributed by atoms with Gasteiger partial charge >= 0.3 is 0 Å². The maximum atomic E-state index is 11.8. The number of hydrogen-bond acceptors (Lipinski definition) is 2. The average molecular weight is 271 g/mol. The van der Waals surface area contributed by atoms with Gasteiger partial charge in [-0.2, -0.15) is 0 Å². The molecule has 0 saturated carbocycles. The fourth-order valence-electron chi connectivity index (χ4n) is 1.63. The molecule has 0 aromatic carbocycles. The zero-order valence-corrected chi connectivity index (χ0v) is 11.5. The third kappa shape index (κ3) is 4.18. The molecule has 0 aliphatic heterocycles. The van der Waals surface area contributed by atoms with Crippen molar-refractivity contribution in [3.63, 3.8) is 0 Å². The normalized spacial score (nSPS) is 12.2. The molecule has 1 rings (SSSR count). The zero-order valence-electron chi connectivity index (χ0n) is 10.8. The summed E-state index contributed by atoms with van der Waals surface area (Å²) in [6.07, 6.45) is 3.45. The van der Waals surface area contributed by atoms with Crippen molar-refractivity contribution >= 4 is 17.5 Å². The number of aromatic nitrogens is 1. The van der Waals surface area contributed by atoms with Crippen LogP contribution in [0.3, 0.4) is 0 Å². The number of carbonyl (C=O) groups is 1. The molecule has 0 bridgehead atoms. The van der Waals surface area contributed by atoms with Crippen molar-refractivity contribution in [2.75, 3.05) is 12.4 Å². The van der Waals surface area contributed by atoms with Crippen molar-refractivity contribution in [2.24, 2.45) is 13.0 Å². The lowest BCUT2D eigenvalue weighted by Gasteiger charge is -2.14. The lowest BCUT2D eigenvalue weighted by Crippen LogP contribution is -2.30. The lowest BCUT2D eigenvalue weighted by atomic mass is 10.0. The molecule has 4 nitrogen and oxygen atoms in total. The number of halogens is 1. The molecule has 0 aliphatic carbocycles. The molecule has 18 heavy (non-hydrogen) atoms. The van der Waals surface area contributed by atoms with Gasteiger partial charge in [0, 0.05) is 37.3 Å². The summed E-state index contributed by atoms with van der Waals surface area (Å²) in [6.45, 7) is 2.67. The van der Waals surface area contributed by atoms with Gasteiger partial charge in [-0.05, 0) is 18.4 Å². The summed E-state index contributed by atoms with van der Waals surface area (Å²) < 4.78 is 1.43. The Morgan fingerprint density at radius 3 is 2.83 bits per heavy atom. The highest BCUT2D eigenvalue weighted by Crippen LogP contribution is 2.08. The van der Waals surface area contributed by atoms with Crippen LogP contribution in [-0.2, 0) is 7.05 Å². The standard InChI is InChI=1S/C13H19ClN2O2/c1-3-10(4-6-14)9-15-13(18)11-5-7-16(2)12(17)8-11/h5,7-8,10H,3-4,6,9H2,1-2H3,(H,15,18). The summed E-state index contributed by atoms with van der Waals surface area (Å²) in [4.78, 5) is 23.2. The van der Waals surface area contributed by atoms with Gasteiger partial charge in [0.05, 0.1) is 0 Å². The van der Waals surface area contributed by atoms with Crippen LogP contribution in [0.5, 0.6) is 0 Å². The highest BCUT2D eigenvalue weighted by Gasteiger charge is 2.10. The number of rotatable bonds is 6. The predicted molar refractivity (Wildman–Crippen MR) is 73.1 cm³/mol. The molecule has 1 unspecified atom stereocenters. The third-order valence-corrected chi connectivity index (χ3v) is 3.23. The topological polar surface area (TPSA) is 51.1 Å². The molecular formula is C13H19ClN2O2. The van der Waals surface area contributed by atoms with E-state index in [1.54, 1.807) is 19.3 Å². The molecule has 1 heterocycles. The van der Waals surface area contributed by atoms with Crippen LogP contribution in [0.1, 0.15) is 30.1 Å². The predicted octanol–water partition coefficient (Wildman–Crippen LogP) is 1.77.